The molecule has 0 heterocycles. The van der Waals surface area contributed by atoms with Gasteiger partial charge in [0, 0.05) is 19.3 Å². The third-order valence-electron chi connectivity index (χ3n) is 15.1. The summed E-state index contributed by atoms with van der Waals surface area (Å²) in [5.74, 6) is -0.858. The van der Waals surface area contributed by atoms with Crippen LogP contribution in [0.15, 0.2) is 36.5 Å². The van der Waals surface area contributed by atoms with Gasteiger partial charge < -0.3 is 14.2 Å². The molecule has 0 radical (unpaired) electrons. The highest BCUT2D eigenvalue weighted by molar-refractivity contribution is 5.71. The van der Waals surface area contributed by atoms with Gasteiger partial charge in [-0.3, -0.25) is 14.4 Å². The van der Waals surface area contributed by atoms with Gasteiger partial charge in [0.15, 0.2) is 6.10 Å². The number of ether oxygens (including phenoxy) is 3. The molecule has 0 aromatic heterocycles. The fourth-order valence-electron chi connectivity index (χ4n) is 10.1. The molecule has 6 heteroatoms. The number of hydrogen-bond donors (Lipinski definition) is 0. The van der Waals surface area contributed by atoms with E-state index in [9.17, 15) is 14.4 Å². The van der Waals surface area contributed by atoms with Gasteiger partial charge in [-0.15, -0.1) is 0 Å². The van der Waals surface area contributed by atoms with Crippen molar-refractivity contribution >= 4 is 17.9 Å². The largest absolute Gasteiger partial charge is 0.462 e. The fourth-order valence-corrected chi connectivity index (χ4v) is 10.1. The molecular formula is C69H128O6. The zero-order chi connectivity index (χ0) is 54.3. The first-order valence-electron chi connectivity index (χ1n) is 33.5. The third kappa shape index (κ3) is 62.4. The standard InChI is InChI=1S/C69H128O6/c1-4-7-10-13-16-19-22-24-26-27-28-29-30-31-32-33-34-35-36-37-38-39-40-41-42-43-44-46-47-50-53-56-59-62-68(71)74-65-66(64-73-67(70)61-58-55-52-49-21-18-15-12-9-6-3)75-69(72)63-60-57-54-51-48-45-25-23-20-17-14-11-8-5-2/h22-25,27-28,66H,4-21,26,29-65H2,1-3H3/b24-22-,25-23-,28-27-. The number of esters is 3. The molecule has 0 aliphatic rings. The van der Waals surface area contributed by atoms with Gasteiger partial charge in [0.2, 0.25) is 0 Å². The van der Waals surface area contributed by atoms with Gasteiger partial charge in [-0.1, -0.05) is 308 Å². The lowest BCUT2D eigenvalue weighted by Crippen LogP contribution is -2.30. The first kappa shape index (κ1) is 72.6. The van der Waals surface area contributed by atoms with Gasteiger partial charge in [0.05, 0.1) is 0 Å². The lowest BCUT2D eigenvalue weighted by molar-refractivity contribution is -0.167. The molecule has 440 valence electrons. The van der Waals surface area contributed by atoms with Gasteiger partial charge in [-0.05, 0) is 77.0 Å². The van der Waals surface area contributed by atoms with Crippen molar-refractivity contribution in [1.82, 2.24) is 0 Å². The van der Waals surface area contributed by atoms with Crippen LogP contribution in [0.1, 0.15) is 367 Å². The van der Waals surface area contributed by atoms with E-state index in [2.05, 4.69) is 57.2 Å². The molecule has 0 aliphatic heterocycles. The van der Waals surface area contributed by atoms with Crippen LogP contribution in [-0.2, 0) is 28.6 Å². The van der Waals surface area contributed by atoms with Gasteiger partial charge >= 0.3 is 17.9 Å². The number of rotatable bonds is 62. The van der Waals surface area contributed by atoms with Crippen LogP contribution in [0.3, 0.4) is 0 Å². The number of carbonyl (C=O) groups excluding carboxylic acids is 3. The van der Waals surface area contributed by atoms with E-state index in [1.165, 1.54) is 257 Å². The Bertz CT molecular complexity index is 1250. The summed E-state index contributed by atoms with van der Waals surface area (Å²) in [6, 6.07) is 0. The Kier molecular flexibility index (Phi) is 62.1. The van der Waals surface area contributed by atoms with Crippen LogP contribution in [0.2, 0.25) is 0 Å². The highest BCUT2D eigenvalue weighted by Gasteiger charge is 2.19. The Balaban J connectivity index is 4.02. The summed E-state index contributed by atoms with van der Waals surface area (Å²) in [4.78, 5) is 38.1. The average molecular weight is 1050 g/mol. The maximum atomic E-state index is 12.8. The minimum absolute atomic E-state index is 0.0698. The monoisotopic (exact) mass is 1050 g/mol. The number of allylic oxidation sites excluding steroid dienone is 6. The van der Waals surface area contributed by atoms with Crippen molar-refractivity contribution in [3.8, 4) is 0 Å². The Labute approximate surface area is 467 Å². The molecule has 0 N–H and O–H groups in total. The topological polar surface area (TPSA) is 78.9 Å². The highest BCUT2D eigenvalue weighted by Crippen LogP contribution is 2.18. The van der Waals surface area contributed by atoms with Gasteiger partial charge in [-0.2, -0.15) is 0 Å². The van der Waals surface area contributed by atoms with E-state index in [1.54, 1.807) is 0 Å². The van der Waals surface area contributed by atoms with E-state index in [0.717, 1.165) is 70.6 Å². The molecule has 0 fully saturated rings. The molecule has 0 amide bonds. The molecule has 0 saturated carbocycles. The summed E-state index contributed by atoms with van der Waals surface area (Å²) in [5, 5.41) is 0. The van der Waals surface area contributed by atoms with E-state index in [4.69, 9.17) is 14.2 Å². The summed E-state index contributed by atoms with van der Waals surface area (Å²) >= 11 is 0. The molecule has 0 bridgehead atoms. The normalized spacial score (nSPS) is 12.2. The second-order valence-corrected chi connectivity index (χ2v) is 22.7. The van der Waals surface area contributed by atoms with E-state index < -0.39 is 6.10 Å². The van der Waals surface area contributed by atoms with Crippen molar-refractivity contribution in [3.05, 3.63) is 36.5 Å². The maximum absolute atomic E-state index is 12.8. The Morgan fingerprint density at radius 1 is 0.267 bits per heavy atom. The highest BCUT2D eigenvalue weighted by atomic mass is 16.6. The average Bonchev–Trinajstić information content (AvgIpc) is 3.41. The fraction of sp³-hybridized carbons (Fsp3) is 0.870. The smallest absolute Gasteiger partial charge is 0.306 e. The molecule has 0 aliphatic carbocycles. The molecule has 0 spiro atoms. The Morgan fingerprint density at radius 2 is 0.480 bits per heavy atom. The van der Waals surface area contributed by atoms with Crippen LogP contribution >= 0.6 is 0 Å². The van der Waals surface area contributed by atoms with Crippen molar-refractivity contribution in [1.29, 1.82) is 0 Å². The molecule has 1 unspecified atom stereocenters. The molecule has 1 atom stereocenters. The molecule has 6 nitrogen and oxygen atoms in total. The van der Waals surface area contributed by atoms with Crippen molar-refractivity contribution < 1.29 is 28.6 Å². The molecule has 0 aromatic carbocycles. The summed E-state index contributed by atoms with van der Waals surface area (Å²) in [6.45, 7) is 6.65. The molecular weight excluding hydrogens is 925 g/mol. The van der Waals surface area contributed by atoms with E-state index in [0.29, 0.717) is 19.3 Å². The van der Waals surface area contributed by atoms with E-state index in [-0.39, 0.29) is 31.1 Å². The first-order chi connectivity index (χ1) is 37.0. The van der Waals surface area contributed by atoms with Crippen molar-refractivity contribution in [2.75, 3.05) is 13.2 Å². The summed E-state index contributed by atoms with van der Waals surface area (Å²) in [7, 11) is 0. The zero-order valence-electron chi connectivity index (χ0n) is 50.6. The first-order valence-corrected chi connectivity index (χ1v) is 33.5. The SMILES string of the molecule is CCCCCCC/C=C\C/C=C\CCCCCCCCCCCCCCCCCCCCCCCC(=O)OCC(COC(=O)CCCCCCCCCCCC)OC(=O)CCCCCCC/C=C\CCCCCCC. The molecule has 0 saturated heterocycles. The van der Waals surface area contributed by atoms with Crippen LogP contribution in [0.5, 0.6) is 0 Å². The number of unbranched alkanes of at least 4 members (excludes halogenated alkanes) is 45. The minimum atomic E-state index is -0.771. The van der Waals surface area contributed by atoms with Crippen molar-refractivity contribution in [2.45, 2.75) is 374 Å². The van der Waals surface area contributed by atoms with Gasteiger partial charge in [-0.25, -0.2) is 0 Å². The van der Waals surface area contributed by atoms with Crippen molar-refractivity contribution in [3.63, 3.8) is 0 Å². The van der Waals surface area contributed by atoms with Crippen LogP contribution < -0.4 is 0 Å². The van der Waals surface area contributed by atoms with Gasteiger partial charge in [0.1, 0.15) is 13.2 Å². The lowest BCUT2D eigenvalue weighted by Gasteiger charge is -2.18. The Hall–Kier alpha value is -2.37. The molecule has 75 heavy (non-hydrogen) atoms. The zero-order valence-corrected chi connectivity index (χ0v) is 50.6. The number of hydrogen-bond acceptors (Lipinski definition) is 6. The molecule has 0 aromatic rings. The maximum Gasteiger partial charge on any atom is 0.306 e. The summed E-state index contributed by atoms with van der Waals surface area (Å²) in [6.07, 6.45) is 79.0. The van der Waals surface area contributed by atoms with Crippen LogP contribution in [0.25, 0.3) is 0 Å². The lowest BCUT2D eigenvalue weighted by atomic mass is 10.0. The van der Waals surface area contributed by atoms with Crippen LogP contribution in [-0.4, -0.2) is 37.2 Å². The predicted molar refractivity (Wildman–Crippen MR) is 326 cm³/mol. The van der Waals surface area contributed by atoms with Crippen LogP contribution in [0.4, 0.5) is 0 Å². The second-order valence-electron chi connectivity index (χ2n) is 22.7. The minimum Gasteiger partial charge on any atom is -0.462 e. The Morgan fingerprint density at radius 3 is 0.747 bits per heavy atom. The van der Waals surface area contributed by atoms with E-state index >= 15 is 0 Å². The third-order valence-corrected chi connectivity index (χ3v) is 15.1. The van der Waals surface area contributed by atoms with Crippen molar-refractivity contribution in [2.24, 2.45) is 0 Å². The summed E-state index contributed by atoms with van der Waals surface area (Å²) < 4.78 is 16.9. The quantitative estimate of drug-likeness (QED) is 0.0261. The predicted octanol–water partition coefficient (Wildman–Crippen LogP) is 22.8. The van der Waals surface area contributed by atoms with E-state index in [1.807, 2.05) is 0 Å². The summed E-state index contributed by atoms with van der Waals surface area (Å²) in [5.41, 5.74) is 0. The number of carbonyl (C=O) groups is 3. The second kappa shape index (κ2) is 64.2. The molecule has 0 rings (SSSR count). The van der Waals surface area contributed by atoms with Crippen LogP contribution in [0, 0.1) is 0 Å². The van der Waals surface area contributed by atoms with Gasteiger partial charge in [0.25, 0.3) is 0 Å².